The molecule has 166 valence electrons. The molecule has 0 radical (unpaired) electrons. The second-order valence-corrected chi connectivity index (χ2v) is 8.38. The van der Waals surface area contributed by atoms with Crippen LogP contribution in [0.4, 0.5) is 24.5 Å². The summed E-state index contributed by atoms with van der Waals surface area (Å²) in [5.74, 6) is -1.06. The minimum absolute atomic E-state index is 0.0850. The number of carbonyl (C=O) groups excluding carboxylic acids is 2. The standard InChI is InChI=1S/C22H15Cl2F3N2O2S/c23-13-5-10-16(18(24)11-13)21(31)28-14-6-8-15(9-7-14)32-12-20(30)29-19-4-2-1-3-17(19)22(25,26)27/h1-11H,12H2,(H,28,31)(H,29,30). The Morgan fingerprint density at radius 1 is 0.906 bits per heavy atom. The quantitative estimate of drug-likeness (QED) is 0.360. The van der Waals surface area contributed by atoms with Crippen molar-refractivity contribution in [1.82, 2.24) is 0 Å². The number of amides is 2. The highest BCUT2D eigenvalue weighted by Crippen LogP contribution is 2.34. The van der Waals surface area contributed by atoms with Crippen molar-refractivity contribution in [2.75, 3.05) is 16.4 Å². The Labute approximate surface area is 196 Å². The zero-order valence-electron chi connectivity index (χ0n) is 16.2. The van der Waals surface area contributed by atoms with Gasteiger partial charge in [0.2, 0.25) is 5.91 Å². The van der Waals surface area contributed by atoms with Crippen LogP contribution in [0.5, 0.6) is 0 Å². The van der Waals surface area contributed by atoms with Crippen molar-refractivity contribution in [3.8, 4) is 0 Å². The van der Waals surface area contributed by atoms with E-state index in [9.17, 15) is 22.8 Å². The molecule has 0 unspecified atom stereocenters. The number of benzene rings is 3. The molecule has 0 aliphatic rings. The normalized spacial score (nSPS) is 11.2. The van der Waals surface area contributed by atoms with Crippen LogP contribution >= 0.6 is 35.0 Å². The third kappa shape index (κ3) is 6.41. The third-order valence-corrected chi connectivity index (χ3v) is 5.72. The Bertz CT molecular complexity index is 1140. The van der Waals surface area contributed by atoms with E-state index in [1.54, 1.807) is 30.3 Å². The third-order valence-electron chi connectivity index (χ3n) is 4.16. The van der Waals surface area contributed by atoms with E-state index in [0.717, 1.165) is 17.8 Å². The lowest BCUT2D eigenvalue weighted by Gasteiger charge is -2.13. The minimum atomic E-state index is -4.56. The lowest BCUT2D eigenvalue weighted by atomic mass is 10.1. The smallest absolute Gasteiger partial charge is 0.325 e. The molecule has 3 aromatic rings. The number of thioether (sulfide) groups is 1. The van der Waals surface area contributed by atoms with E-state index in [1.807, 2.05) is 0 Å². The Morgan fingerprint density at radius 3 is 2.25 bits per heavy atom. The molecule has 0 aromatic heterocycles. The Morgan fingerprint density at radius 2 is 1.59 bits per heavy atom. The molecule has 3 rings (SSSR count). The first-order chi connectivity index (χ1) is 15.1. The van der Waals surface area contributed by atoms with E-state index in [4.69, 9.17) is 23.2 Å². The summed E-state index contributed by atoms with van der Waals surface area (Å²) in [6, 6.07) is 16.0. The highest BCUT2D eigenvalue weighted by atomic mass is 35.5. The van der Waals surface area contributed by atoms with Crippen LogP contribution in [-0.2, 0) is 11.0 Å². The largest absolute Gasteiger partial charge is 0.418 e. The van der Waals surface area contributed by atoms with Gasteiger partial charge in [-0.15, -0.1) is 11.8 Å². The average Bonchev–Trinajstić information content (AvgIpc) is 2.73. The van der Waals surface area contributed by atoms with Gasteiger partial charge in [0.15, 0.2) is 0 Å². The lowest BCUT2D eigenvalue weighted by Crippen LogP contribution is -2.18. The number of carbonyl (C=O) groups is 2. The number of nitrogens with one attached hydrogen (secondary N) is 2. The maximum atomic E-state index is 13.0. The molecule has 0 spiro atoms. The second-order valence-electron chi connectivity index (χ2n) is 6.48. The van der Waals surface area contributed by atoms with Crippen molar-refractivity contribution in [3.63, 3.8) is 0 Å². The van der Waals surface area contributed by atoms with Gasteiger partial charge in [0.1, 0.15) is 0 Å². The maximum absolute atomic E-state index is 13.0. The predicted molar refractivity (Wildman–Crippen MR) is 122 cm³/mol. The molecule has 0 atom stereocenters. The summed E-state index contributed by atoms with van der Waals surface area (Å²) in [5, 5.41) is 5.63. The minimum Gasteiger partial charge on any atom is -0.325 e. The number of alkyl halides is 3. The van der Waals surface area contributed by atoms with E-state index in [0.29, 0.717) is 15.6 Å². The number of hydrogen-bond acceptors (Lipinski definition) is 3. The fourth-order valence-corrected chi connectivity index (χ4v) is 3.87. The van der Waals surface area contributed by atoms with E-state index in [-0.39, 0.29) is 22.0 Å². The van der Waals surface area contributed by atoms with Gasteiger partial charge in [-0.1, -0.05) is 35.3 Å². The van der Waals surface area contributed by atoms with Gasteiger partial charge in [-0.2, -0.15) is 13.2 Å². The summed E-state index contributed by atoms with van der Waals surface area (Å²) in [5.41, 5.74) is -0.414. The van der Waals surface area contributed by atoms with Crippen LogP contribution < -0.4 is 10.6 Å². The molecule has 32 heavy (non-hydrogen) atoms. The zero-order valence-corrected chi connectivity index (χ0v) is 18.5. The molecule has 0 bridgehead atoms. The molecule has 0 aliphatic carbocycles. The van der Waals surface area contributed by atoms with Crippen LogP contribution in [0, 0.1) is 0 Å². The van der Waals surface area contributed by atoms with Crippen molar-refractivity contribution in [2.24, 2.45) is 0 Å². The molecule has 0 heterocycles. The molecule has 4 nitrogen and oxygen atoms in total. The number of para-hydroxylation sites is 1. The van der Waals surface area contributed by atoms with Crippen molar-refractivity contribution in [1.29, 1.82) is 0 Å². The van der Waals surface area contributed by atoms with E-state index >= 15 is 0 Å². The van der Waals surface area contributed by atoms with Gasteiger partial charge >= 0.3 is 6.18 Å². The van der Waals surface area contributed by atoms with Crippen LogP contribution in [0.25, 0.3) is 0 Å². The fraction of sp³-hybridized carbons (Fsp3) is 0.0909. The van der Waals surface area contributed by atoms with Crippen molar-refractivity contribution in [3.05, 3.63) is 87.9 Å². The first-order valence-electron chi connectivity index (χ1n) is 9.09. The van der Waals surface area contributed by atoms with Gasteiger partial charge in [0, 0.05) is 15.6 Å². The van der Waals surface area contributed by atoms with E-state index < -0.39 is 23.6 Å². The summed E-state index contributed by atoms with van der Waals surface area (Å²) in [7, 11) is 0. The van der Waals surface area contributed by atoms with Crippen molar-refractivity contribution >= 4 is 58.2 Å². The number of rotatable bonds is 6. The number of halogens is 5. The molecular formula is C22H15Cl2F3N2O2S. The van der Waals surface area contributed by atoms with E-state index in [1.165, 1.54) is 30.3 Å². The lowest BCUT2D eigenvalue weighted by molar-refractivity contribution is -0.137. The molecule has 0 fully saturated rings. The predicted octanol–water partition coefficient (Wildman–Crippen LogP) is 7.00. The summed E-state index contributed by atoms with van der Waals surface area (Å²) in [6.07, 6.45) is -4.56. The van der Waals surface area contributed by atoms with Crippen LogP contribution in [0.3, 0.4) is 0 Å². The summed E-state index contributed by atoms with van der Waals surface area (Å²) in [6.45, 7) is 0. The monoisotopic (exact) mass is 498 g/mol. The van der Waals surface area contributed by atoms with Crippen LogP contribution in [0.15, 0.2) is 71.6 Å². The Kier molecular flexibility index (Phi) is 7.71. The van der Waals surface area contributed by atoms with Gasteiger partial charge in [-0.05, 0) is 54.6 Å². The molecule has 10 heteroatoms. The van der Waals surface area contributed by atoms with Gasteiger partial charge in [-0.25, -0.2) is 0 Å². The van der Waals surface area contributed by atoms with Crippen molar-refractivity contribution < 1.29 is 22.8 Å². The molecule has 0 aliphatic heterocycles. The SMILES string of the molecule is O=C(CSc1ccc(NC(=O)c2ccc(Cl)cc2Cl)cc1)Nc1ccccc1C(F)(F)F. The van der Waals surface area contributed by atoms with E-state index in [2.05, 4.69) is 10.6 Å². The van der Waals surface area contributed by atoms with Gasteiger partial charge in [-0.3, -0.25) is 9.59 Å². The first-order valence-corrected chi connectivity index (χ1v) is 10.8. The molecule has 2 N–H and O–H groups in total. The summed E-state index contributed by atoms with van der Waals surface area (Å²) >= 11 is 13.0. The molecule has 3 aromatic carbocycles. The molecule has 2 amide bonds. The second kappa shape index (κ2) is 10.3. The van der Waals surface area contributed by atoms with Crippen molar-refractivity contribution in [2.45, 2.75) is 11.1 Å². The highest BCUT2D eigenvalue weighted by molar-refractivity contribution is 8.00. The molecule has 0 saturated carbocycles. The van der Waals surface area contributed by atoms with Crippen LogP contribution in [0.1, 0.15) is 15.9 Å². The number of anilines is 2. The first kappa shape index (κ1) is 24.0. The fourth-order valence-electron chi connectivity index (χ4n) is 2.68. The Hall–Kier alpha value is -2.68. The Balaban J connectivity index is 1.56. The van der Waals surface area contributed by atoms with Gasteiger partial charge in [0.25, 0.3) is 5.91 Å². The van der Waals surface area contributed by atoms with Crippen LogP contribution in [-0.4, -0.2) is 17.6 Å². The average molecular weight is 499 g/mol. The topological polar surface area (TPSA) is 58.2 Å². The maximum Gasteiger partial charge on any atom is 0.418 e. The van der Waals surface area contributed by atoms with Gasteiger partial charge < -0.3 is 10.6 Å². The van der Waals surface area contributed by atoms with Crippen LogP contribution in [0.2, 0.25) is 10.0 Å². The summed E-state index contributed by atoms with van der Waals surface area (Å²) in [4.78, 5) is 25.2. The number of hydrogen-bond donors (Lipinski definition) is 2. The van der Waals surface area contributed by atoms with Gasteiger partial charge in [0.05, 0.1) is 27.6 Å². The molecular weight excluding hydrogens is 484 g/mol. The highest BCUT2D eigenvalue weighted by Gasteiger charge is 2.33. The zero-order chi connectivity index (χ0) is 23.3. The summed E-state index contributed by atoms with van der Waals surface area (Å²) < 4.78 is 39.1. The molecule has 0 saturated heterocycles.